The van der Waals surface area contributed by atoms with E-state index in [4.69, 9.17) is 4.74 Å². The predicted octanol–water partition coefficient (Wildman–Crippen LogP) is 5.10. The normalized spacial score (nSPS) is 10.8. The van der Waals surface area contributed by atoms with Crippen LogP contribution in [0.15, 0.2) is 90.1 Å². The highest BCUT2D eigenvalue weighted by atomic mass is 32.2. The maximum Gasteiger partial charge on any atom is 0.220 e. The van der Waals surface area contributed by atoms with Gasteiger partial charge in [0.1, 0.15) is 11.6 Å². The van der Waals surface area contributed by atoms with Crippen LogP contribution in [0, 0.1) is 0 Å². The van der Waals surface area contributed by atoms with Crippen LogP contribution < -0.4 is 10.1 Å². The van der Waals surface area contributed by atoms with Crippen molar-refractivity contribution in [3.63, 3.8) is 0 Å². The Bertz CT molecular complexity index is 1190. The smallest absolute Gasteiger partial charge is 0.220 e. The highest BCUT2D eigenvalue weighted by Crippen LogP contribution is 2.25. The van der Waals surface area contributed by atoms with Crippen LogP contribution >= 0.6 is 11.8 Å². The van der Waals surface area contributed by atoms with E-state index in [1.54, 1.807) is 18.9 Å². The number of hydrogen-bond acceptors (Lipinski definition) is 5. The summed E-state index contributed by atoms with van der Waals surface area (Å²) in [6.45, 7) is 0.657. The van der Waals surface area contributed by atoms with Crippen LogP contribution in [0.4, 0.5) is 0 Å². The van der Waals surface area contributed by atoms with Crippen molar-refractivity contribution in [2.45, 2.75) is 30.8 Å². The van der Waals surface area contributed by atoms with Gasteiger partial charge in [0.15, 0.2) is 5.16 Å². The molecule has 35 heavy (non-hydrogen) atoms. The molecule has 1 aromatic heterocycles. The van der Waals surface area contributed by atoms with E-state index in [9.17, 15) is 4.79 Å². The fourth-order valence-corrected chi connectivity index (χ4v) is 4.66. The number of aromatic nitrogens is 3. The predicted molar refractivity (Wildman–Crippen MR) is 140 cm³/mol. The van der Waals surface area contributed by atoms with Crippen LogP contribution in [0.3, 0.4) is 0 Å². The molecular formula is C28H30N4O2S. The van der Waals surface area contributed by atoms with Crippen LogP contribution in [-0.2, 0) is 17.6 Å². The Labute approximate surface area is 210 Å². The van der Waals surface area contributed by atoms with E-state index in [1.807, 2.05) is 60.7 Å². The molecule has 3 aromatic carbocycles. The van der Waals surface area contributed by atoms with Gasteiger partial charge in [0.2, 0.25) is 5.91 Å². The first-order valence-corrected chi connectivity index (χ1v) is 12.8. The fraction of sp³-hybridized carbons (Fsp3) is 0.250. The van der Waals surface area contributed by atoms with Gasteiger partial charge in [-0.3, -0.25) is 9.36 Å². The Balaban J connectivity index is 1.34. The van der Waals surface area contributed by atoms with Crippen molar-refractivity contribution in [3.8, 4) is 11.4 Å². The highest BCUT2D eigenvalue weighted by molar-refractivity contribution is 7.99. The van der Waals surface area contributed by atoms with Crippen molar-refractivity contribution >= 4 is 17.7 Å². The minimum absolute atomic E-state index is 0.0860. The van der Waals surface area contributed by atoms with Gasteiger partial charge in [0, 0.05) is 30.8 Å². The number of amides is 1. The van der Waals surface area contributed by atoms with E-state index in [0.29, 0.717) is 19.4 Å². The van der Waals surface area contributed by atoms with Crippen molar-refractivity contribution in [2.24, 2.45) is 0 Å². The van der Waals surface area contributed by atoms with E-state index in [1.165, 1.54) is 11.1 Å². The van der Waals surface area contributed by atoms with Crippen molar-refractivity contribution in [2.75, 3.05) is 19.4 Å². The molecule has 0 radical (unpaired) electrons. The number of nitrogens with zero attached hydrogens (tertiary/aromatic N) is 3. The number of rotatable bonds is 12. The van der Waals surface area contributed by atoms with E-state index in [-0.39, 0.29) is 5.91 Å². The number of thioether (sulfide) groups is 1. The van der Waals surface area contributed by atoms with Crippen LogP contribution in [0.25, 0.3) is 5.69 Å². The van der Waals surface area contributed by atoms with Crippen LogP contribution in [0.5, 0.6) is 5.75 Å². The number of methoxy groups -OCH3 is 1. The second kappa shape index (κ2) is 12.8. The average molecular weight is 487 g/mol. The molecule has 0 spiro atoms. The van der Waals surface area contributed by atoms with Gasteiger partial charge in [0.25, 0.3) is 0 Å². The summed E-state index contributed by atoms with van der Waals surface area (Å²) in [6, 6.07) is 28.4. The lowest BCUT2D eigenvalue weighted by Gasteiger charge is -2.11. The van der Waals surface area contributed by atoms with Crippen LogP contribution in [0.1, 0.15) is 29.8 Å². The van der Waals surface area contributed by atoms with Gasteiger partial charge >= 0.3 is 0 Å². The summed E-state index contributed by atoms with van der Waals surface area (Å²) in [7, 11) is 1.66. The molecular weight excluding hydrogens is 456 g/mol. The quantitative estimate of drug-likeness (QED) is 0.223. The Morgan fingerprint density at radius 3 is 2.29 bits per heavy atom. The number of hydrogen-bond donors (Lipinski definition) is 1. The molecule has 1 N–H and O–H groups in total. The van der Waals surface area contributed by atoms with Gasteiger partial charge in [-0.2, -0.15) is 0 Å². The summed E-state index contributed by atoms with van der Waals surface area (Å²) < 4.78 is 7.41. The van der Waals surface area contributed by atoms with Gasteiger partial charge in [-0.25, -0.2) is 0 Å². The lowest BCUT2D eigenvalue weighted by atomic mass is 10.1. The SMILES string of the molecule is COc1ccc(-n2c(Cc3ccccc3)nnc2SCCCC(=O)NCCc2ccccc2)cc1. The molecule has 0 fully saturated rings. The summed E-state index contributed by atoms with van der Waals surface area (Å²) >= 11 is 1.62. The first-order valence-electron chi connectivity index (χ1n) is 11.8. The lowest BCUT2D eigenvalue weighted by Crippen LogP contribution is -2.25. The Hall–Kier alpha value is -3.58. The van der Waals surface area contributed by atoms with Crippen molar-refractivity contribution in [1.82, 2.24) is 20.1 Å². The highest BCUT2D eigenvalue weighted by Gasteiger charge is 2.15. The van der Waals surface area contributed by atoms with E-state index < -0.39 is 0 Å². The third-order valence-electron chi connectivity index (χ3n) is 5.59. The Kier molecular flexibility index (Phi) is 8.95. The molecule has 4 aromatic rings. The van der Waals surface area contributed by atoms with Gasteiger partial charge in [-0.15, -0.1) is 10.2 Å². The second-order valence-electron chi connectivity index (χ2n) is 8.13. The zero-order valence-corrected chi connectivity index (χ0v) is 20.7. The number of carbonyl (C=O) groups excluding carboxylic acids is 1. The molecule has 0 saturated carbocycles. The van der Waals surface area contributed by atoms with E-state index >= 15 is 0 Å². The number of nitrogens with one attached hydrogen (secondary N) is 1. The largest absolute Gasteiger partial charge is 0.497 e. The zero-order chi connectivity index (χ0) is 24.3. The number of ether oxygens (including phenoxy) is 1. The Morgan fingerprint density at radius 1 is 0.914 bits per heavy atom. The maximum atomic E-state index is 12.2. The molecule has 6 nitrogen and oxygen atoms in total. The summed E-state index contributed by atoms with van der Waals surface area (Å²) in [5.41, 5.74) is 3.40. The number of benzene rings is 3. The fourth-order valence-electron chi connectivity index (χ4n) is 3.75. The van der Waals surface area contributed by atoms with Gasteiger partial charge < -0.3 is 10.1 Å². The van der Waals surface area contributed by atoms with Crippen molar-refractivity contribution in [1.29, 1.82) is 0 Å². The first-order chi connectivity index (χ1) is 17.2. The molecule has 0 aliphatic heterocycles. The molecule has 180 valence electrons. The van der Waals surface area contributed by atoms with E-state index in [2.05, 4.69) is 44.3 Å². The maximum absolute atomic E-state index is 12.2. The average Bonchev–Trinajstić information content (AvgIpc) is 3.30. The van der Waals surface area contributed by atoms with Crippen molar-refractivity contribution < 1.29 is 9.53 Å². The Morgan fingerprint density at radius 2 is 1.60 bits per heavy atom. The van der Waals surface area contributed by atoms with Crippen molar-refractivity contribution in [3.05, 3.63) is 102 Å². The molecule has 7 heteroatoms. The molecule has 1 heterocycles. The summed E-state index contributed by atoms with van der Waals surface area (Å²) in [5.74, 6) is 2.55. The molecule has 0 bridgehead atoms. The standard InChI is InChI=1S/C28H30N4O2S/c1-34-25-16-14-24(15-17-25)32-26(21-23-11-6-3-7-12-23)30-31-28(32)35-20-8-13-27(33)29-19-18-22-9-4-2-5-10-22/h2-7,9-12,14-17H,8,13,18-21H2,1H3,(H,29,33). The molecule has 0 aliphatic rings. The number of carbonyl (C=O) groups is 1. The van der Waals surface area contributed by atoms with Gasteiger partial charge in [-0.1, -0.05) is 72.4 Å². The first kappa shape index (κ1) is 24.5. The summed E-state index contributed by atoms with van der Waals surface area (Å²) in [5, 5.41) is 12.8. The topological polar surface area (TPSA) is 69.0 Å². The van der Waals surface area contributed by atoms with Gasteiger partial charge in [-0.05, 0) is 48.2 Å². The molecule has 0 aliphatic carbocycles. The molecule has 4 rings (SSSR count). The van der Waals surface area contributed by atoms with Gasteiger partial charge in [0.05, 0.1) is 7.11 Å². The third kappa shape index (κ3) is 7.20. The summed E-state index contributed by atoms with van der Waals surface area (Å²) in [4.78, 5) is 12.2. The third-order valence-corrected chi connectivity index (χ3v) is 6.61. The van der Waals surface area contributed by atoms with E-state index in [0.717, 1.165) is 41.0 Å². The molecule has 0 atom stereocenters. The minimum atomic E-state index is 0.0860. The summed E-state index contributed by atoms with van der Waals surface area (Å²) in [6.07, 6.45) is 2.79. The lowest BCUT2D eigenvalue weighted by molar-refractivity contribution is -0.121. The molecule has 1 amide bonds. The van der Waals surface area contributed by atoms with Crippen LogP contribution in [0.2, 0.25) is 0 Å². The second-order valence-corrected chi connectivity index (χ2v) is 9.19. The molecule has 0 saturated heterocycles. The zero-order valence-electron chi connectivity index (χ0n) is 19.9. The minimum Gasteiger partial charge on any atom is -0.497 e. The monoisotopic (exact) mass is 486 g/mol. The molecule has 0 unspecified atom stereocenters. The van der Waals surface area contributed by atoms with Crippen LogP contribution in [-0.4, -0.2) is 40.1 Å².